The number of benzene rings is 2. The Morgan fingerprint density at radius 2 is 1.85 bits per heavy atom. The van der Waals surface area contributed by atoms with E-state index in [1.54, 1.807) is 10.9 Å². The van der Waals surface area contributed by atoms with Gasteiger partial charge in [-0.15, -0.1) is 0 Å². The monoisotopic (exact) mass is 479 g/mol. The van der Waals surface area contributed by atoms with Crippen LogP contribution in [0.4, 0.5) is 10.6 Å². The molecule has 7 nitrogen and oxygen atoms in total. The lowest BCUT2D eigenvalue weighted by atomic mass is 9.72. The number of hydrogen-bond donors (Lipinski definition) is 1. The molecule has 178 valence electrons. The number of nitrogens with zero attached hydrogens (tertiary/aromatic N) is 4. The molecule has 1 aromatic heterocycles. The molecular weight excluding hydrogens is 450 g/mol. The van der Waals surface area contributed by atoms with Crippen molar-refractivity contribution >= 4 is 23.4 Å². The molecule has 2 aliphatic heterocycles. The first-order valence-electron chi connectivity index (χ1n) is 11.8. The molecule has 3 aromatic rings. The summed E-state index contributed by atoms with van der Waals surface area (Å²) in [6.07, 6.45) is 3.95. The van der Waals surface area contributed by atoms with Crippen LogP contribution in [0.2, 0.25) is 5.02 Å². The molecule has 1 N–H and O–H groups in total. The molecule has 3 heterocycles. The predicted molar refractivity (Wildman–Crippen MR) is 133 cm³/mol. The number of ether oxygens (including phenoxy) is 1. The zero-order valence-electron chi connectivity index (χ0n) is 19.4. The van der Waals surface area contributed by atoms with Crippen molar-refractivity contribution in [3.8, 4) is 11.5 Å². The molecule has 8 heteroatoms. The number of hydrogen-bond acceptors (Lipinski definition) is 4. The van der Waals surface area contributed by atoms with Gasteiger partial charge in [0.15, 0.2) is 0 Å². The average Bonchev–Trinajstić information content (AvgIpc) is 3.27. The molecule has 2 amide bonds. The van der Waals surface area contributed by atoms with Crippen molar-refractivity contribution in [2.45, 2.75) is 32.9 Å². The first-order valence-corrected chi connectivity index (χ1v) is 12.2. The molecule has 0 unspecified atom stereocenters. The number of amides is 2. The fourth-order valence-electron chi connectivity index (χ4n) is 4.89. The van der Waals surface area contributed by atoms with Gasteiger partial charge in [-0.2, -0.15) is 5.10 Å². The first-order chi connectivity index (χ1) is 16.5. The van der Waals surface area contributed by atoms with E-state index in [-0.39, 0.29) is 11.4 Å². The minimum absolute atomic E-state index is 0.0271. The molecule has 2 aromatic carbocycles. The molecule has 0 aliphatic carbocycles. The lowest BCUT2D eigenvalue weighted by Gasteiger charge is -2.53. The summed E-state index contributed by atoms with van der Waals surface area (Å²) in [4.78, 5) is 17.0. The van der Waals surface area contributed by atoms with Gasteiger partial charge >= 0.3 is 6.03 Å². The third kappa shape index (κ3) is 5.05. The van der Waals surface area contributed by atoms with Gasteiger partial charge in [0, 0.05) is 42.7 Å². The largest absolute Gasteiger partial charge is 0.457 e. The Morgan fingerprint density at radius 1 is 1.09 bits per heavy atom. The number of nitrogens with one attached hydrogen (secondary N) is 1. The summed E-state index contributed by atoms with van der Waals surface area (Å²) in [6.45, 7) is 7.39. The Bertz CT molecular complexity index is 1130. The summed E-state index contributed by atoms with van der Waals surface area (Å²) in [5, 5.41) is 7.90. The SMILES string of the molecule is CCn1nccc1NC(=O)N1CC2(CCN(Cc3cccc(Oc4ccc(Cl)cc4)c3)CC2)C1. The van der Waals surface area contributed by atoms with Crippen LogP contribution in [0.25, 0.3) is 0 Å². The highest BCUT2D eigenvalue weighted by molar-refractivity contribution is 6.30. The van der Waals surface area contributed by atoms with Crippen LogP contribution in [0, 0.1) is 5.41 Å². The maximum Gasteiger partial charge on any atom is 0.323 e. The Hall–Kier alpha value is -3.03. The highest BCUT2D eigenvalue weighted by atomic mass is 35.5. The van der Waals surface area contributed by atoms with Crippen LogP contribution in [0.15, 0.2) is 60.8 Å². The molecular formula is C26H30ClN5O2. The van der Waals surface area contributed by atoms with Crippen LogP contribution in [0.5, 0.6) is 11.5 Å². The number of carbonyl (C=O) groups is 1. The van der Waals surface area contributed by atoms with Crippen molar-refractivity contribution in [2.75, 3.05) is 31.5 Å². The number of anilines is 1. The summed E-state index contributed by atoms with van der Waals surface area (Å²) in [6, 6.07) is 17.5. The van der Waals surface area contributed by atoms with Crippen molar-refractivity contribution in [1.29, 1.82) is 0 Å². The van der Waals surface area contributed by atoms with Gasteiger partial charge in [0.2, 0.25) is 0 Å². The molecule has 2 saturated heterocycles. The Kier molecular flexibility index (Phi) is 6.48. The Labute approximate surface area is 205 Å². The number of aromatic nitrogens is 2. The fraction of sp³-hybridized carbons (Fsp3) is 0.385. The van der Waals surface area contributed by atoms with E-state index in [2.05, 4.69) is 27.4 Å². The van der Waals surface area contributed by atoms with E-state index in [0.29, 0.717) is 5.02 Å². The Balaban J connectivity index is 1.10. The van der Waals surface area contributed by atoms with E-state index in [4.69, 9.17) is 16.3 Å². The summed E-state index contributed by atoms with van der Waals surface area (Å²) in [7, 11) is 0. The second-order valence-corrected chi connectivity index (χ2v) is 9.73. The number of carbonyl (C=O) groups excluding carboxylic acids is 1. The highest BCUT2D eigenvalue weighted by Crippen LogP contribution is 2.41. The van der Waals surface area contributed by atoms with E-state index in [9.17, 15) is 4.79 Å². The lowest BCUT2D eigenvalue weighted by Crippen LogP contribution is -2.62. The van der Waals surface area contributed by atoms with Gasteiger partial charge in [0.1, 0.15) is 17.3 Å². The van der Waals surface area contributed by atoms with Gasteiger partial charge in [-0.1, -0.05) is 23.7 Å². The quantitative estimate of drug-likeness (QED) is 0.508. The van der Waals surface area contributed by atoms with Gasteiger partial charge in [-0.3, -0.25) is 10.2 Å². The van der Waals surface area contributed by atoms with Crippen LogP contribution in [0.3, 0.4) is 0 Å². The second-order valence-electron chi connectivity index (χ2n) is 9.30. The molecule has 2 aliphatic rings. The highest BCUT2D eigenvalue weighted by Gasteiger charge is 2.46. The number of urea groups is 1. The van der Waals surface area contributed by atoms with Gasteiger partial charge in [-0.25, -0.2) is 9.48 Å². The van der Waals surface area contributed by atoms with Gasteiger partial charge in [0.25, 0.3) is 0 Å². The summed E-state index contributed by atoms with van der Waals surface area (Å²) < 4.78 is 7.78. The van der Waals surface area contributed by atoms with Crippen LogP contribution >= 0.6 is 11.6 Å². The standard InChI is InChI=1S/C26H30ClN5O2/c1-2-32-24(10-13-28-32)29-25(33)31-18-26(19-31)11-14-30(15-12-26)17-20-4-3-5-23(16-20)34-22-8-6-21(27)7-9-22/h3-10,13,16H,2,11-12,14-15,17-19H2,1H3,(H,29,33). The zero-order chi connectivity index (χ0) is 23.5. The zero-order valence-corrected chi connectivity index (χ0v) is 20.2. The van der Waals surface area contributed by atoms with Crippen molar-refractivity contribution in [3.05, 3.63) is 71.4 Å². The molecule has 5 rings (SSSR count). The fourth-order valence-corrected chi connectivity index (χ4v) is 5.02. The second kappa shape index (κ2) is 9.68. The number of likely N-dealkylation sites (tertiary alicyclic amines) is 2. The molecule has 2 fully saturated rings. The van der Waals surface area contributed by atoms with E-state index in [0.717, 1.165) is 69.4 Å². The van der Waals surface area contributed by atoms with Crippen LogP contribution in [-0.4, -0.2) is 51.8 Å². The third-order valence-corrected chi connectivity index (χ3v) is 7.11. The van der Waals surface area contributed by atoms with E-state index in [1.807, 2.05) is 54.3 Å². The van der Waals surface area contributed by atoms with Crippen LogP contribution in [-0.2, 0) is 13.1 Å². The number of rotatable bonds is 6. The normalized spacial score (nSPS) is 17.4. The van der Waals surface area contributed by atoms with E-state index in [1.165, 1.54) is 5.56 Å². The Morgan fingerprint density at radius 3 is 2.59 bits per heavy atom. The van der Waals surface area contributed by atoms with Crippen molar-refractivity contribution in [2.24, 2.45) is 5.41 Å². The summed E-state index contributed by atoms with van der Waals surface area (Å²) >= 11 is 5.96. The molecule has 1 spiro atoms. The lowest BCUT2D eigenvalue weighted by molar-refractivity contribution is -0.0200. The number of halogens is 1. The maximum absolute atomic E-state index is 12.6. The van der Waals surface area contributed by atoms with E-state index >= 15 is 0 Å². The first kappa shape index (κ1) is 22.7. The van der Waals surface area contributed by atoms with Crippen molar-refractivity contribution in [1.82, 2.24) is 19.6 Å². The minimum Gasteiger partial charge on any atom is -0.457 e. The van der Waals surface area contributed by atoms with Gasteiger partial charge in [-0.05, 0) is 74.8 Å². The maximum atomic E-state index is 12.6. The molecule has 0 bridgehead atoms. The van der Waals surface area contributed by atoms with Crippen molar-refractivity contribution in [3.63, 3.8) is 0 Å². The van der Waals surface area contributed by atoms with Gasteiger partial charge < -0.3 is 9.64 Å². The van der Waals surface area contributed by atoms with Gasteiger partial charge in [0.05, 0.1) is 6.20 Å². The topological polar surface area (TPSA) is 62.6 Å². The molecule has 0 saturated carbocycles. The minimum atomic E-state index is -0.0271. The predicted octanol–water partition coefficient (Wildman–Crippen LogP) is 5.48. The average molecular weight is 480 g/mol. The van der Waals surface area contributed by atoms with E-state index < -0.39 is 0 Å². The number of aryl methyl sites for hydroxylation is 1. The van der Waals surface area contributed by atoms with Crippen molar-refractivity contribution < 1.29 is 9.53 Å². The number of piperidine rings is 1. The third-order valence-electron chi connectivity index (χ3n) is 6.86. The van der Waals surface area contributed by atoms with Crippen LogP contribution in [0.1, 0.15) is 25.3 Å². The molecule has 34 heavy (non-hydrogen) atoms. The molecule has 0 atom stereocenters. The smallest absolute Gasteiger partial charge is 0.323 e. The van der Waals surface area contributed by atoms with Crippen LogP contribution < -0.4 is 10.1 Å². The summed E-state index contributed by atoms with van der Waals surface area (Å²) in [5.41, 5.74) is 1.50. The molecule has 0 radical (unpaired) electrons. The summed E-state index contributed by atoms with van der Waals surface area (Å²) in [5.74, 6) is 2.36.